The van der Waals surface area contributed by atoms with Crippen LogP contribution in [0.5, 0.6) is 11.5 Å². The Morgan fingerprint density at radius 1 is 0.893 bits per heavy atom. The molecule has 0 bridgehead atoms. The molecule has 2 rings (SSSR count). The fourth-order valence-electron chi connectivity index (χ4n) is 2.85. The van der Waals surface area contributed by atoms with Crippen molar-refractivity contribution < 1.29 is 33.7 Å². The van der Waals surface area contributed by atoms with Crippen molar-refractivity contribution in [2.45, 2.75) is 12.8 Å². The summed E-state index contributed by atoms with van der Waals surface area (Å²) in [6.07, 6.45) is 0. The SMILES string of the molecule is CCOC(=O)C(C(=O)O)C(C(=O)c1ccc(OC)cc1)c1ccc(OC)cc1. The number of methoxy groups -OCH3 is 2. The van der Waals surface area contributed by atoms with Crippen molar-refractivity contribution in [1.29, 1.82) is 0 Å². The summed E-state index contributed by atoms with van der Waals surface area (Å²) in [6, 6.07) is 12.6. The van der Waals surface area contributed by atoms with Crippen LogP contribution >= 0.6 is 0 Å². The third kappa shape index (κ3) is 4.68. The predicted octanol–water partition coefficient (Wildman–Crippen LogP) is 2.93. The Bertz CT molecular complexity index is 825. The van der Waals surface area contributed by atoms with Gasteiger partial charge in [-0.15, -0.1) is 0 Å². The molecule has 0 fully saturated rings. The number of hydrogen-bond donors (Lipinski definition) is 1. The van der Waals surface area contributed by atoms with Crippen LogP contribution in [0.15, 0.2) is 48.5 Å². The van der Waals surface area contributed by atoms with Crippen molar-refractivity contribution in [2.24, 2.45) is 5.92 Å². The van der Waals surface area contributed by atoms with E-state index >= 15 is 0 Å². The van der Waals surface area contributed by atoms with Gasteiger partial charge in [-0.1, -0.05) is 12.1 Å². The molecule has 1 N–H and O–H groups in total. The molecule has 0 aliphatic heterocycles. The lowest BCUT2D eigenvalue weighted by Gasteiger charge is -2.22. The summed E-state index contributed by atoms with van der Waals surface area (Å²) in [6.45, 7) is 1.58. The van der Waals surface area contributed by atoms with Gasteiger partial charge in [-0.05, 0) is 48.9 Å². The summed E-state index contributed by atoms with van der Waals surface area (Å²) >= 11 is 0. The van der Waals surface area contributed by atoms with E-state index in [1.807, 2.05) is 0 Å². The summed E-state index contributed by atoms with van der Waals surface area (Å²) < 4.78 is 15.1. The van der Waals surface area contributed by atoms with Crippen molar-refractivity contribution in [3.8, 4) is 11.5 Å². The molecule has 2 aromatic carbocycles. The number of carboxylic acid groups (broad SMARTS) is 1. The van der Waals surface area contributed by atoms with Gasteiger partial charge in [0.05, 0.1) is 26.7 Å². The fraction of sp³-hybridized carbons (Fsp3) is 0.286. The van der Waals surface area contributed by atoms with Crippen LogP contribution in [0.3, 0.4) is 0 Å². The first-order chi connectivity index (χ1) is 13.4. The zero-order valence-corrected chi connectivity index (χ0v) is 15.9. The van der Waals surface area contributed by atoms with Crippen molar-refractivity contribution in [1.82, 2.24) is 0 Å². The molecule has 0 saturated heterocycles. The maximum atomic E-state index is 13.2. The van der Waals surface area contributed by atoms with Crippen molar-refractivity contribution in [2.75, 3.05) is 20.8 Å². The molecule has 2 aromatic rings. The van der Waals surface area contributed by atoms with Gasteiger partial charge in [0.15, 0.2) is 11.7 Å². The van der Waals surface area contributed by atoms with Gasteiger partial charge < -0.3 is 19.3 Å². The fourth-order valence-corrected chi connectivity index (χ4v) is 2.85. The minimum Gasteiger partial charge on any atom is -0.497 e. The Morgan fingerprint density at radius 2 is 1.39 bits per heavy atom. The van der Waals surface area contributed by atoms with Crippen molar-refractivity contribution in [3.05, 3.63) is 59.7 Å². The highest BCUT2D eigenvalue weighted by Gasteiger charge is 2.41. The van der Waals surface area contributed by atoms with Gasteiger partial charge in [0.2, 0.25) is 0 Å². The smallest absolute Gasteiger partial charge is 0.321 e. The number of carbonyl (C=O) groups is 3. The van der Waals surface area contributed by atoms with Gasteiger partial charge in [-0.25, -0.2) is 0 Å². The lowest BCUT2D eigenvalue weighted by Crippen LogP contribution is -2.35. The first-order valence-electron chi connectivity index (χ1n) is 8.64. The largest absolute Gasteiger partial charge is 0.497 e. The monoisotopic (exact) mass is 386 g/mol. The van der Waals surface area contributed by atoms with Crippen molar-refractivity contribution >= 4 is 17.7 Å². The number of benzene rings is 2. The lowest BCUT2D eigenvalue weighted by molar-refractivity contribution is -0.159. The van der Waals surface area contributed by atoms with Crippen LogP contribution in [0.25, 0.3) is 0 Å². The number of aliphatic carboxylic acids is 1. The Balaban J connectivity index is 2.53. The van der Waals surface area contributed by atoms with Gasteiger partial charge in [0.25, 0.3) is 0 Å². The van der Waals surface area contributed by atoms with E-state index in [-0.39, 0.29) is 12.2 Å². The van der Waals surface area contributed by atoms with Gasteiger partial charge in [-0.3, -0.25) is 14.4 Å². The summed E-state index contributed by atoms with van der Waals surface area (Å²) in [5, 5.41) is 9.68. The Labute approximate surface area is 162 Å². The molecule has 148 valence electrons. The van der Waals surface area contributed by atoms with E-state index in [9.17, 15) is 19.5 Å². The van der Waals surface area contributed by atoms with E-state index in [1.54, 1.807) is 43.3 Å². The third-order valence-electron chi connectivity index (χ3n) is 4.27. The number of rotatable bonds is 9. The van der Waals surface area contributed by atoms with E-state index in [0.29, 0.717) is 17.1 Å². The van der Waals surface area contributed by atoms with Crippen molar-refractivity contribution in [3.63, 3.8) is 0 Å². The molecule has 28 heavy (non-hydrogen) atoms. The second-order valence-electron chi connectivity index (χ2n) is 5.91. The average Bonchev–Trinajstić information content (AvgIpc) is 2.71. The number of ether oxygens (including phenoxy) is 3. The van der Waals surface area contributed by atoms with Crippen LogP contribution in [-0.4, -0.2) is 43.7 Å². The highest BCUT2D eigenvalue weighted by atomic mass is 16.5. The Hall–Kier alpha value is -3.35. The minimum absolute atomic E-state index is 0.00860. The number of Topliss-reactive ketones (excluding diaryl/α,β-unsaturated/α-hetero) is 1. The standard InChI is InChI=1S/C21H22O7/c1-4-28-21(25)18(20(23)24)17(13-5-9-15(26-2)10-6-13)19(22)14-7-11-16(27-3)12-8-14/h5-12,17-18H,4H2,1-3H3,(H,23,24). The lowest BCUT2D eigenvalue weighted by atomic mass is 9.80. The second kappa shape index (κ2) is 9.55. The van der Waals surface area contributed by atoms with Crippen LogP contribution in [-0.2, 0) is 14.3 Å². The maximum absolute atomic E-state index is 13.2. The average molecular weight is 386 g/mol. The zero-order chi connectivity index (χ0) is 20.7. The molecule has 0 spiro atoms. The first kappa shape index (κ1) is 21.0. The minimum atomic E-state index is -1.68. The zero-order valence-electron chi connectivity index (χ0n) is 15.9. The van der Waals surface area contributed by atoms with Crippen LogP contribution in [0.1, 0.15) is 28.8 Å². The molecular weight excluding hydrogens is 364 g/mol. The summed E-state index contributed by atoms with van der Waals surface area (Å²) in [5.74, 6) is -4.73. The van der Waals surface area contributed by atoms with Crippen LogP contribution < -0.4 is 9.47 Å². The Kier molecular flexibility index (Phi) is 7.14. The van der Waals surface area contributed by atoms with Crippen LogP contribution in [0.2, 0.25) is 0 Å². The molecule has 0 heterocycles. The molecule has 0 radical (unpaired) electrons. The summed E-state index contributed by atoms with van der Waals surface area (Å²) in [5.41, 5.74) is 0.638. The number of ketones is 1. The molecule has 2 atom stereocenters. The molecule has 0 aliphatic carbocycles. The molecule has 0 aliphatic rings. The Morgan fingerprint density at radius 3 is 1.82 bits per heavy atom. The van der Waals surface area contributed by atoms with E-state index in [2.05, 4.69) is 0 Å². The quantitative estimate of drug-likeness (QED) is 0.402. The van der Waals surface area contributed by atoms with E-state index < -0.39 is 29.6 Å². The molecule has 7 heteroatoms. The summed E-state index contributed by atoms with van der Waals surface area (Å²) in [7, 11) is 2.99. The first-order valence-corrected chi connectivity index (χ1v) is 8.64. The molecule has 7 nitrogen and oxygen atoms in total. The highest BCUT2D eigenvalue weighted by Crippen LogP contribution is 2.32. The number of carboxylic acids is 1. The van der Waals surface area contributed by atoms with Gasteiger partial charge in [0, 0.05) is 5.56 Å². The molecular formula is C21H22O7. The van der Waals surface area contributed by atoms with Gasteiger partial charge >= 0.3 is 11.9 Å². The van der Waals surface area contributed by atoms with E-state index in [4.69, 9.17) is 14.2 Å². The maximum Gasteiger partial charge on any atom is 0.321 e. The van der Waals surface area contributed by atoms with E-state index in [1.165, 1.54) is 26.4 Å². The summed E-state index contributed by atoms with van der Waals surface area (Å²) in [4.78, 5) is 37.5. The van der Waals surface area contributed by atoms with Crippen LogP contribution in [0, 0.1) is 5.92 Å². The molecule has 2 unspecified atom stereocenters. The third-order valence-corrected chi connectivity index (χ3v) is 4.27. The number of hydrogen-bond acceptors (Lipinski definition) is 6. The second-order valence-corrected chi connectivity index (χ2v) is 5.91. The van der Waals surface area contributed by atoms with Crippen LogP contribution in [0.4, 0.5) is 0 Å². The normalized spacial score (nSPS) is 12.5. The number of esters is 1. The van der Waals surface area contributed by atoms with Gasteiger partial charge in [-0.2, -0.15) is 0 Å². The highest BCUT2D eigenvalue weighted by molar-refractivity contribution is 6.08. The molecule has 0 amide bonds. The predicted molar refractivity (Wildman–Crippen MR) is 101 cm³/mol. The number of carbonyl (C=O) groups excluding carboxylic acids is 2. The molecule has 0 saturated carbocycles. The van der Waals surface area contributed by atoms with E-state index in [0.717, 1.165) is 0 Å². The topological polar surface area (TPSA) is 99.1 Å². The molecule has 0 aromatic heterocycles. The van der Waals surface area contributed by atoms with Gasteiger partial charge in [0.1, 0.15) is 11.5 Å².